The first-order chi connectivity index (χ1) is 14.7. The molecule has 6 nitrogen and oxygen atoms in total. The number of nitrogens with zero attached hydrogens (tertiary/aromatic N) is 2. The molecule has 1 unspecified atom stereocenters. The minimum absolute atomic E-state index is 0.334. The second-order valence-electron chi connectivity index (χ2n) is 7.02. The maximum absolute atomic E-state index is 12.0. The number of hydrogen-bond donors (Lipinski definition) is 3. The topological polar surface area (TPSA) is 90.9 Å². The molecule has 0 radical (unpaired) electrons. The highest BCUT2D eigenvalue weighted by Crippen LogP contribution is 2.35. The van der Waals surface area contributed by atoms with Crippen molar-refractivity contribution in [1.29, 1.82) is 0 Å². The number of aromatic nitrogens is 3. The van der Waals surface area contributed by atoms with Gasteiger partial charge in [-0.25, -0.2) is 14.8 Å². The van der Waals surface area contributed by atoms with Crippen LogP contribution in [-0.4, -0.2) is 32.1 Å². The first-order valence-electron chi connectivity index (χ1n) is 9.53. The molecule has 0 spiro atoms. The van der Waals surface area contributed by atoms with Crippen LogP contribution in [0.25, 0.3) is 31.6 Å². The van der Waals surface area contributed by atoms with E-state index >= 15 is 0 Å². The Labute approximate surface area is 176 Å². The van der Waals surface area contributed by atoms with E-state index in [1.807, 2.05) is 66.9 Å². The number of anilines is 1. The molecule has 1 atom stereocenters. The van der Waals surface area contributed by atoms with Crippen LogP contribution in [0.4, 0.5) is 5.82 Å². The average Bonchev–Trinajstić information content (AvgIpc) is 3.39. The number of rotatable bonds is 6. The summed E-state index contributed by atoms with van der Waals surface area (Å²) in [6.45, 7) is 0. The van der Waals surface area contributed by atoms with Crippen molar-refractivity contribution in [3.63, 3.8) is 0 Å². The Morgan fingerprint density at radius 2 is 1.87 bits per heavy atom. The number of nitrogens with one attached hydrogen (secondary N) is 2. The molecule has 0 bridgehead atoms. The number of aliphatic carboxylic acids is 1. The van der Waals surface area contributed by atoms with Crippen LogP contribution in [0, 0.1) is 0 Å². The highest BCUT2D eigenvalue weighted by atomic mass is 32.1. The number of carboxylic acid groups (broad SMARTS) is 1. The largest absolute Gasteiger partial charge is 0.480 e. The number of thiophene rings is 1. The van der Waals surface area contributed by atoms with E-state index in [9.17, 15) is 9.90 Å². The lowest BCUT2D eigenvalue weighted by atomic mass is 10.0. The summed E-state index contributed by atoms with van der Waals surface area (Å²) in [5, 5.41) is 14.8. The van der Waals surface area contributed by atoms with Gasteiger partial charge in [-0.3, -0.25) is 0 Å². The summed E-state index contributed by atoms with van der Waals surface area (Å²) >= 11 is 1.56. The number of benzene rings is 2. The fourth-order valence-electron chi connectivity index (χ4n) is 3.60. The van der Waals surface area contributed by atoms with Crippen molar-refractivity contribution < 1.29 is 9.90 Å². The zero-order valence-corrected chi connectivity index (χ0v) is 16.7. The van der Waals surface area contributed by atoms with Gasteiger partial charge in [0.2, 0.25) is 0 Å². The quantitative estimate of drug-likeness (QED) is 0.366. The first kappa shape index (κ1) is 18.3. The average molecular weight is 414 g/mol. The minimum atomic E-state index is -0.925. The molecule has 0 aliphatic rings. The van der Waals surface area contributed by atoms with Gasteiger partial charge in [0.05, 0.1) is 5.39 Å². The maximum atomic E-state index is 12.0. The van der Waals surface area contributed by atoms with Crippen molar-refractivity contribution in [2.75, 3.05) is 5.32 Å². The monoisotopic (exact) mass is 414 g/mol. The molecule has 2 aromatic carbocycles. The van der Waals surface area contributed by atoms with Crippen molar-refractivity contribution in [2.24, 2.45) is 0 Å². The smallest absolute Gasteiger partial charge is 0.326 e. The lowest BCUT2D eigenvalue weighted by Crippen LogP contribution is -2.31. The number of carbonyl (C=O) groups is 1. The molecular formula is C23H18N4O2S. The van der Waals surface area contributed by atoms with Crippen LogP contribution in [-0.2, 0) is 11.2 Å². The van der Waals surface area contributed by atoms with Gasteiger partial charge >= 0.3 is 5.97 Å². The standard InChI is InChI=1S/C23H18N4O2S/c28-23(29)19(10-15-12-24-18-9-5-4-8-16(15)18)27-21-17-11-20(14-6-2-1-3-7-14)30-22(17)26-13-25-21/h1-9,11-13,19,24H,10H2,(H,28,29)(H,25,26,27). The summed E-state index contributed by atoms with van der Waals surface area (Å²) < 4.78 is 0. The predicted octanol–water partition coefficient (Wildman–Crippen LogP) is 4.95. The Morgan fingerprint density at radius 1 is 1.07 bits per heavy atom. The molecule has 7 heteroatoms. The molecule has 3 heterocycles. The van der Waals surface area contributed by atoms with Crippen LogP contribution in [0.2, 0.25) is 0 Å². The van der Waals surface area contributed by atoms with Crippen LogP contribution >= 0.6 is 11.3 Å². The molecule has 0 amide bonds. The van der Waals surface area contributed by atoms with Crippen molar-refractivity contribution >= 4 is 44.2 Å². The molecule has 3 N–H and O–H groups in total. The van der Waals surface area contributed by atoms with Crippen LogP contribution in [0.5, 0.6) is 0 Å². The van der Waals surface area contributed by atoms with Gasteiger partial charge in [-0.15, -0.1) is 11.3 Å². The van der Waals surface area contributed by atoms with E-state index < -0.39 is 12.0 Å². The SMILES string of the molecule is O=C(O)C(Cc1c[nH]c2ccccc12)Nc1ncnc2sc(-c3ccccc3)cc12. The van der Waals surface area contributed by atoms with Gasteiger partial charge in [0.1, 0.15) is 23.0 Å². The zero-order chi connectivity index (χ0) is 20.5. The minimum Gasteiger partial charge on any atom is -0.480 e. The summed E-state index contributed by atoms with van der Waals surface area (Å²) in [5.41, 5.74) is 3.04. The van der Waals surface area contributed by atoms with Gasteiger partial charge in [-0.2, -0.15) is 0 Å². The number of carboxylic acids is 1. The summed E-state index contributed by atoms with van der Waals surface area (Å²) in [4.78, 5) is 25.8. The number of fused-ring (bicyclic) bond motifs is 2. The van der Waals surface area contributed by atoms with Crippen molar-refractivity contribution in [3.05, 3.63) is 78.8 Å². The maximum Gasteiger partial charge on any atom is 0.326 e. The van der Waals surface area contributed by atoms with Gasteiger partial charge in [0.15, 0.2) is 0 Å². The summed E-state index contributed by atoms with van der Waals surface area (Å²) in [6, 6.07) is 19.1. The Balaban J connectivity index is 1.48. The zero-order valence-electron chi connectivity index (χ0n) is 15.9. The molecular weight excluding hydrogens is 396 g/mol. The van der Waals surface area contributed by atoms with Gasteiger partial charge in [-0.05, 0) is 23.3 Å². The molecule has 148 valence electrons. The normalized spacial score (nSPS) is 12.3. The van der Waals surface area contributed by atoms with E-state index in [1.54, 1.807) is 11.3 Å². The van der Waals surface area contributed by atoms with E-state index in [2.05, 4.69) is 20.3 Å². The molecule has 0 aliphatic carbocycles. The van der Waals surface area contributed by atoms with Crippen molar-refractivity contribution in [3.8, 4) is 10.4 Å². The molecule has 3 aromatic heterocycles. The highest BCUT2D eigenvalue weighted by molar-refractivity contribution is 7.21. The lowest BCUT2D eigenvalue weighted by Gasteiger charge is -2.15. The summed E-state index contributed by atoms with van der Waals surface area (Å²) in [6.07, 6.45) is 3.68. The molecule has 5 aromatic rings. The number of hydrogen-bond acceptors (Lipinski definition) is 5. The van der Waals surface area contributed by atoms with E-state index in [0.29, 0.717) is 12.2 Å². The van der Waals surface area contributed by atoms with Crippen LogP contribution in [0.3, 0.4) is 0 Å². The van der Waals surface area contributed by atoms with Gasteiger partial charge < -0.3 is 15.4 Å². The summed E-state index contributed by atoms with van der Waals surface area (Å²) in [7, 11) is 0. The third kappa shape index (κ3) is 3.40. The summed E-state index contributed by atoms with van der Waals surface area (Å²) in [5.74, 6) is -0.392. The van der Waals surface area contributed by atoms with E-state index in [0.717, 1.165) is 37.1 Å². The lowest BCUT2D eigenvalue weighted by molar-refractivity contribution is -0.137. The first-order valence-corrected chi connectivity index (χ1v) is 10.3. The molecule has 0 fully saturated rings. The Morgan fingerprint density at radius 3 is 2.70 bits per heavy atom. The van der Waals surface area contributed by atoms with Gasteiger partial charge in [0.25, 0.3) is 0 Å². The molecule has 5 rings (SSSR count). The van der Waals surface area contributed by atoms with Gasteiger partial charge in [-0.1, -0.05) is 48.5 Å². The number of aromatic amines is 1. The molecule has 30 heavy (non-hydrogen) atoms. The third-order valence-electron chi connectivity index (χ3n) is 5.10. The molecule has 0 aliphatic heterocycles. The fraction of sp³-hybridized carbons (Fsp3) is 0.0870. The molecule has 0 saturated carbocycles. The predicted molar refractivity (Wildman–Crippen MR) is 120 cm³/mol. The number of H-pyrrole nitrogens is 1. The van der Waals surface area contributed by atoms with E-state index in [-0.39, 0.29) is 0 Å². The van der Waals surface area contributed by atoms with Gasteiger partial charge in [0, 0.05) is 28.4 Å². The van der Waals surface area contributed by atoms with E-state index in [1.165, 1.54) is 6.33 Å². The third-order valence-corrected chi connectivity index (χ3v) is 6.19. The Kier molecular flexibility index (Phi) is 4.65. The Bertz CT molecular complexity index is 1340. The van der Waals surface area contributed by atoms with Crippen molar-refractivity contribution in [1.82, 2.24) is 15.0 Å². The fourth-order valence-corrected chi connectivity index (χ4v) is 4.61. The van der Waals surface area contributed by atoms with Crippen LogP contribution < -0.4 is 5.32 Å². The second kappa shape index (κ2) is 7.61. The van der Waals surface area contributed by atoms with Crippen molar-refractivity contribution in [2.45, 2.75) is 12.5 Å². The molecule has 0 saturated heterocycles. The second-order valence-corrected chi connectivity index (χ2v) is 8.05. The van der Waals surface area contributed by atoms with E-state index in [4.69, 9.17) is 0 Å². The highest BCUT2D eigenvalue weighted by Gasteiger charge is 2.22. The number of para-hydroxylation sites is 1. The van der Waals surface area contributed by atoms with Crippen LogP contribution in [0.1, 0.15) is 5.56 Å². The van der Waals surface area contributed by atoms with Crippen LogP contribution in [0.15, 0.2) is 73.2 Å². The Hall–Kier alpha value is -3.71.